The average molecular weight is 423 g/mol. The minimum Gasteiger partial charge on any atom is -0.444 e. The topological polar surface area (TPSA) is 88.4 Å². The summed E-state index contributed by atoms with van der Waals surface area (Å²) in [5.41, 5.74) is 9.52. The number of aromatic nitrogens is 1. The summed E-state index contributed by atoms with van der Waals surface area (Å²) in [7, 11) is 0. The maximum atomic E-state index is 15.3. The normalized spacial score (nSPS) is 13.9. The van der Waals surface area contributed by atoms with Crippen molar-refractivity contribution in [2.24, 2.45) is 5.73 Å². The molecule has 162 valence electrons. The van der Waals surface area contributed by atoms with Crippen LogP contribution in [0.15, 0.2) is 30.3 Å². The zero-order valence-corrected chi connectivity index (χ0v) is 18.1. The van der Waals surface area contributed by atoms with Crippen molar-refractivity contribution in [1.82, 2.24) is 9.88 Å². The van der Waals surface area contributed by atoms with Crippen LogP contribution in [0.25, 0.3) is 22.0 Å². The van der Waals surface area contributed by atoms with Gasteiger partial charge in [0.1, 0.15) is 11.4 Å². The van der Waals surface area contributed by atoms with Crippen molar-refractivity contribution >= 4 is 22.9 Å². The molecular weight excluding hydrogens is 397 g/mol. The molecule has 0 aliphatic carbocycles. The number of H-pyrrole nitrogens is 1. The third kappa shape index (κ3) is 3.87. The second-order valence-electron chi connectivity index (χ2n) is 8.98. The molecule has 0 bridgehead atoms. The first-order chi connectivity index (χ1) is 14.5. The number of fused-ring (bicyclic) bond motifs is 2. The highest BCUT2D eigenvalue weighted by atomic mass is 19.1. The summed E-state index contributed by atoms with van der Waals surface area (Å²) in [4.78, 5) is 29.1. The fraction of sp³-hybridized carbons (Fsp3) is 0.333. The Kier molecular flexibility index (Phi) is 5.00. The lowest BCUT2D eigenvalue weighted by Gasteiger charge is -2.32. The van der Waals surface area contributed by atoms with Crippen LogP contribution < -0.4 is 5.73 Å². The first kappa shape index (κ1) is 20.9. The van der Waals surface area contributed by atoms with Crippen molar-refractivity contribution in [3.05, 3.63) is 58.5 Å². The Morgan fingerprint density at radius 3 is 2.65 bits per heavy atom. The molecule has 1 aromatic heterocycles. The number of nitrogens with zero attached hydrogens (tertiary/aromatic N) is 1. The van der Waals surface area contributed by atoms with E-state index in [2.05, 4.69) is 4.98 Å². The summed E-state index contributed by atoms with van der Waals surface area (Å²) in [6, 6.07) is 8.72. The number of amides is 2. The maximum absolute atomic E-state index is 15.3. The van der Waals surface area contributed by atoms with Gasteiger partial charge in [-0.05, 0) is 62.9 Å². The molecule has 7 heteroatoms. The average Bonchev–Trinajstić information content (AvgIpc) is 3.06. The molecule has 0 spiro atoms. The molecule has 0 fully saturated rings. The molecule has 3 N–H and O–H groups in total. The van der Waals surface area contributed by atoms with Gasteiger partial charge in [0.05, 0.1) is 11.1 Å². The van der Waals surface area contributed by atoms with Gasteiger partial charge in [-0.15, -0.1) is 0 Å². The fourth-order valence-electron chi connectivity index (χ4n) is 4.19. The van der Waals surface area contributed by atoms with Crippen molar-refractivity contribution in [2.45, 2.75) is 46.3 Å². The van der Waals surface area contributed by atoms with Gasteiger partial charge in [0.15, 0.2) is 0 Å². The number of benzene rings is 2. The van der Waals surface area contributed by atoms with E-state index < -0.39 is 17.3 Å². The second kappa shape index (κ2) is 7.41. The molecule has 6 nitrogen and oxygen atoms in total. The Labute approximate surface area is 180 Å². The number of rotatable bonds is 2. The van der Waals surface area contributed by atoms with Crippen molar-refractivity contribution in [1.29, 1.82) is 0 Å². The molecule has 2 aromatic carbocycles. The van der Waals surface area contributed by atoms with Gasteiger partial charge in [0.2, 0.25) is 0 Å². The van der Waals surface area contributed by atoms with E-state index in [9.17, 15) is 9.59 Å². The number of halogens is 1. The lowest BCUT2D eigenvalue weighted by Crippen LogP contribution is -2.40. The molecule has 31 heavy (non-hydrogen) atoms. The van der Waals surface area contributed by atoms with Crippen LogP contribution in [-0.2, 0) is 17.7 Å². The smallest absolute Gasteiger partial charge is 0.410 e. The molecule has 4 rings (SSSR count). The number of hydrogen-bond donors (Lipinski definition) is 2. The van der Waals surface area contributed by atoms with E-state index in [1.54, 1.807) is 4.90 Å². The molecule has 2 heterocycles. The summed E-state index contributed by atoms with van der Waals surface area (Å²) >= 11 is 0. The van der Waals surface area contributed by atoms with Crippen LogP contribution in [0.4, 0.5) is 9.18 Å². The summed E-state index contributed by atoms with van der Waals surface area (Å²) < 4.78 is 20.8. The number of hydrogen-bond acceptors (Lipinski definition) is 3. The molecular formula is C24H26FN3O3. The van der Waals surface area contributed by atoms with Crippen LogP contribution in [-0.4, -0.2) is 34.0 Å². The maximum Gasteiger partial charge on any atom is 0.410 e. The predicted molar refractivity (Wildman–Crippen MR) is 117 cm³/mol. The minimum atomic E-state index is -0.680. The number of carbonyl (C=O) groups is 2. The Balaban J connectivity index is 1.79. The Bertz CT molecular complexity index is 1210. The number of carbonyl (C=O) groups excluding carboxylic acids is 2. The van der Waals surface area contributed by atoms with Crippen LogP contribution in [0, 0.1) is 12.7 Å². The first-order valence-electron chi connectivity index (χ1n) is 10.3. The van der Waals surface area contributed by atoms with Crippen molar-refractivity contribution in [3.8, 4) is 11.1 Å². The number of ether oxygens (including phenoxy) is 1. The molecule has 0 unspecified atom stereocenters. The lowest BCUT2D eigenvalue weighted by atomic mass is 9.88. The highest BCUT2D eigenvalue weighted by Crippen LogP contribution is 2.38. The molecule has 0 radical (unpaired) electrons. The van der Waals surface area contributed by atoms with Gasteiger partial charge in [0.25, 0.3) is 5.91 Å². The second-order valence-corrected chi connectivity index (χ2v) is 8.98. The van der Waals surface area contributed by atoms with Crippen molar-refractivity contribution < 1.29 is 18.7 Å². The largest absolute Gasteiger partial charge is 0.444 e. The van der Waals surface area contributed by atoms with Crippen molar-refractivity contribution in [3.63, 3.8) is 0 Å². The van der Waals surface area contributed by atoms with E-state index in [4.69, 9.17) is 10.5 Å². The highest BCUT2D eigenvalue weighted by Gasteiger charge is 2.28. The van der Waals surface area contributed by atoms with Crippen LogP contribution in [0.5, 0.6) is 0 Å². The lowest BCUT2D eigenvalue weighted by molar-refractivity contribution is 0.0224. The van der Waals surface area contributed by atoms with Crippen LogP contribution in [0.1, 0.15) is 48.0 Å². The molecule has 1 aliphatic rings. The number of primary amides is 1. The van der Waals surface area contributed by atoms with E-state index in [1.165, 1.54) is 6.07 Å². The summed E-state index contributed by atoms with van der Waals surface area (Å²) in [5, 5.41) is 0.620. The Morgan fingerprint density at radius 2 is 1.97 bits per heavy atom. The van der Waals surface area contributed by atoms with Gasteiger partial charge in [-0.1, -0.05) is 18.2 Å². The van der Waals surface area contributed by atoms with Gasteiger partial charge in [-0.3, -0.25) is 4.79 Å². The van der Waals surface area contributed by atoms with Crippen molar-refractivity contribution in [2.75, 3.05) is 6.54 Å². The monoisotopic (exact) mass is 423 g/mol. The predicted octanol–water partition coefficient (Wildman–Crippen LogP) is 4.67. The van der Waals surface area contributed by atoms with E-state index in [0.29, 0.717) is 36.0 Å². The van der Waals surface area contributed by atoms with Gasteiger partial charge in [-0.2, -0.15) is 0 Å². The SMILES string of the molecule is Cc1cc2c(-c3cccc4c3CCN(C(=O)OC(C)(C)C)C4)c(F)cc(C(N)=O)c2[nH]1. The highest BCUT2D eigenvalue weighted by molar-refractivity contribution is 6.09. The number of nitrogens with two attached hydrogens (primary N) is 1. The third-order valence-corrected chi connectivity index (χ3v) is 5.45. The summed E-state index contributed by atoms with van der Waals surface area (Å²) in [6.07, 6.45) is 0.219. The minimum absolute atomic E-state index is 0.130. The quantitative estimate of drug-likeness (QED) is 0.628. The zero-order chi connectivity index (χ0) is 22.5. The van der Waals surface area contributed by atoms with E-state index in [0.717, 1.165) is 22.4 Å². The van der Waals surface area contributed by atoms with Crippen LogP contribution in [0.3, 0.4) is 0 Å². The number of aryl methyl sites for hydroxylation is 1. The van der Waals surface area contributed by atoms with Gasteiger partial charge in [0, 0.05) is 29.7 Å². The van der Waals surface area contributed by atoms with Gasteiger partial charge >= 0.3 is 6.09 Å². The van der Waals surface area contributed by atoms with Crippen LogP contribution >= 0.6 is 0 Å². The molecule has 0 saturated heterocycles. The van der Waals surface area contributed by atoms with E-state index in [-0.39, 0.29) is 11.7 Å². The molecule has 1 aliphatic heterocycles. The third-order valence-electron chi connectivity index (χ3n) is 5.45. The van der Waals surface area contributed by atoms with E-state index in [1.807, 2.05) is 52.0 Å². The molecule has 0 atom stereocenters. The standard InChI is InChI=1S/C24H26FN3O3/c1-13-10-17-20(19(25)11-18(22(26)29)21(17)27-13)16-7-5-6-14-12-28(9-8-15(14)16)23(30)31-24(2,3)4/h5-7,10-11,27H,8-9,12H2,1-4H3,(H2,26,29). The molecule has 2 amide bonds. The number of nitrogens with one attached hydrogen (secondary N) is 1. The van der Waals surface area contributed by atoms with E-state index >= 15 is 4.39 Å². The fourth-order valence-corrected chi connectivity index (χ4v) is 4.19. The zero-order valence-electron chi connectivity index (χ0n) is 18.1. The van der Waals surface area contributed by atoms with Gasteiger partial charge in [-0.25, -0.2) is 9.18 Å². The van der Waals surface area contributed by atoms with Gasteiger partial charge < -0.3 is 20.4 Å². The Hall–Kier alpha value is -3.35. The number of aromatic amines is 1. The summed E-state index contributed by atoms with van der Waals surface area (Å²) in [6.45, 7) is 8.24. The summed E-state index contributed by atoms with van der Waals surface area (Å²) in [5.74, 6) is -1.18. The first-order valence-corrected chi connectivity index (χ1v) is 10.3. The van der Waals surface area contributed by atoms with Crippen LogP contribution in [0.2, 0.25) is 0 Å². The molecule has 3 aromatic rings. The molecule has 0 saturated carbocycles. The Morgan fingerprint density at radius 1 is 1.23 bits per heavy atom.